The normalized spacial score (nSPS) is 28.0. The number of para-hydroxylation sites is 1. The number of allylic oxidation sites excluding steroid dienone is 4. The number of fused-ring (bicyclic) bond motifs is 4. The SMILES string of the molecule is O=C1C(c2ccccc2)=CC(=O)[C@@]2(c3ccccc3)[C@@H](c3cccc(F)c3O)C3=CC[C@@H]4C(=O)N(c5ccc(I)cc5)C(=O)[C@@H]4[C@@H]3C[C@@H]12. The summed E-state index contributed by atoms with van der Waals surface area (Å²) in [6.07, 6.45) is 3.67. The molecule has 1 N–H and O–H groups in total. The molecule has 0 bridgehead atoms. The van der Waals surface area contributed by atoms with Crippen molar-refractivity contribution in [1.29, 1.82) is 0 Å². The van der Waals surface area contributed by atoms with E-state index in [2.05, 4.69) is 22.6 Å². The quantitative estimate of drug-likeness (QED) is 0.136. The second-order valence-corrected chi connectivity index (χ2v) is 14.2. The number of benzene rings is 4. The predicted molar refractivity (Wildman–Crippen MR) is 186 cm³/mol. The number of halogens is 2. The second kappa shape index (κ2) is 11.5. The fourth-order valence-corrected chi connectivity index (χ4v) is 9.19. The Labute approximate surface area is 290 Å². The molecule has 4 aromatic carbocycles. The van der Waals surface area contributed by atoms with Gasteiger partial charge in [-0.25, -0.2) is 4.39 Å². The average molecular weight is 750 g/mol. The lowest BCUT2D eigenvalue weighted by Crippen LogP contribution is -2.58. The van der Waals surface area contributed by atoms with E-state index in [-0.39, 0.29) is 47.4 Å². The molecule has 48 heavy (non-hydrogen) atoms. The zero-order chi connectivity index (χ0) is 33.3. The van der Waals surface area contributed by atoms with E-state index in [1.165, 1.54) is 17.0 Å². The number of imide groups is 1. The Hall–Kier alpha value is -4.70. The molecule has 6 nitrogen and oxygen atoms in total. The fourth-order valence-electron chi connectivity index (χ4n) is 8.83. The summed E-state index contributed by atoms with van der Waals surface area (Å²) in [6, 6.07) is 29.4. The van der Waals surface area contributed by atoms with Crippen molar-refractivity contribution in [3.8, 4) is 5.75 Å². The van der Waals surface area contributed by atoms with Crippen molar-refractivity contribution >= 4 is 57.2 Å². The fraction of sp³-hybridized carbons (Fsp3) is 0.200. The molecule has 4 aromatic rings. The van der Waals surface area contributed by atoms with Crippen LogP contribution in [-0.2, 0) is 24.6 Å². The molecule has 238 valence electrons. The molecule has 2 fully saturated rings. The number of phenolic OH excluding ortho intramolecular Hbond substituents is 1. The van der Waals surface area contributed by atoms with E-state index in [9.17, 15) is 24.3 Å². The minimum absolute atomic E-state index is 0.128. The molecular weight excluding hydrogens is 720 g/mol. The molecule has 1 aliphatic heterocycles. The molecule has 2 amide bonds. The number of Topliss-reactive ketones (excluding diaryl/α,β-unsaturated/α-hetero) is 1. The van der Waals surface area contributed by atoms with E-state index in [1.54, 1.807) is 66.7 Å². The van der Waals surface area contributed by atoms with Crippen LogP contribution in [0.1, 0.15) is 35.4 Å². The molecule has 1 saturated heterocycles. The van der Waals surface area contributed by atoms with Crippen molar-refractivity contribution in [3.63, 3.8) is 0 Å². The average Bonchev–Trinajstić information content (AvgIpc) is 3.37. The van der Waals surface area contributed by atoms with Crippen molar-refractivity contribution in [2.24, 2.45) is 23.7 Å². The van der Waals surface area contributed by atoms with E-state index < -0.39 is 46.6 Å². The molecule has 4 aliphatic rings. The van der Waals surface area contributed by atoms with Crippen molar-refractivity contribution in [2.75, 3.05) is 4.90 Å². The number of hydrogen-bond acceptors (Lipinski definition) is 5. The van der Waals surface area contributed by atoms with Gasteiger partial charge in [0.2, 0.25) is 11.8 Å². The molecule has 1 heterocycles. The molecule has 0 spiro atoms. The van der Waals surface area contributed by atoms with E-state index in [0.29, 0.717) is 22.4 Å². The maximum atomic E-state index is 15.2. The van der Waals surface area contributed by atoms with E-state index in [1.807, 2.05) is 30.3 Å². The Morgan fingerprint density at radius 1 is 0.792 bits per heavy atom. The van der Waals surface area contributed by atoms with Gasteiger partial charge in [-0.2, -0.15) is 0 Å². The summed E-state index contributed by atoms with van der Waals surface area (Å²) in [6.45, 7) is 0. The largest absolute Gasteiger partial charge is 0.505 e. The highest BCUT2D eigenvalue weighted by Gasteiger charge is 2.66. The van der Waals surface area contributed by atoms with Gasteiger partial charge < -0.3 is 5.11 Å². The first-order chi connectivity index (χ1) is 23.2. The molecule has 0 aromatic heterocycles. The minimum Gasteiger partial charge on any atom is -0.505 e. The number of amides is 2. The van der Waals surface area contributed by atoms with E-state index in [0.717, 1.165) is 9.64 Å². The second-order valence-electron chi connectivity index (χ2n) is 13.0. The van der Waals surface area contributed by atoms with Crippen molar-refractivity contribution < 1.29 is 28.7 Å². The van der Waals surface area contributed by atoms with Gasteiger partial charge in [-0.1, -0.05) is 84.4 Å². The van der Waals surface area contributed by atoms with Crippen LogP contribution in [0.25, 0.3) is 5.57 Å². The Morgan fingerprint density at radius 3 is 2.19 bits per heavy atom. The number of anilines is 1. The highest BCUT2D eigenvalue weighted by molar-refractivity contribution is 14.1. The smallest absolute Gasteiger partial charge is 0.238 e. The van der Waals surface area contributed by atoms with Gasteiger partial charge >= 0.3 is 0 Å². The summed E-state index contributed by atoms with van der Waals surface area (Å²) in [5.41, 5.74) is 1.21. The molecule has 1 saturated carbocycles. The number of carbonyl (C=O) groups is 4. The van der Waals surface area contributed by atoms with Crippen molar-refractivity contribution in [1.82, 2.24) is 0 Å². The molecule has 0 unspecified atom stereocenters. The molecule has 3 aliphatic carbocycles. The molecule has 8 rings (SSSR count). The van der Waals surface area contributed by atoms with Gasteiger partial charge in [-0.15, -0.1) is 0 Å². The highest BCUT2D eigenvalue weighted by Crippen LogP contribution is 2.64. The summed E-state index contributed by atoms with van der Waals surface area (Å²) >= 11 is 2.16. The summed E-state index contributed by atoms with van der Waals surface area (Å²) in [7, 11) is 0. The number of carbonyl (C=O) groups excluding carboxylic acids is 4. The molecular formula is C40H29FINO5. The molecule has 6 atom stereocenters. The van der Waals surface area contributed by atoms with Crippen LogP contribution in [0.5, 0.6) is 5.75 Å². The van der Waals surface area contributed by atoms with Gasteiger partial charge in [-0.05, 0) is 88.9 Å². The first kappa shape index (κ1) is 30.6. The Morgan fingerprint density at radius 2 is 1.48 bits per heavy atom. The number of rotatable bonds is 4. The minimum atomic E-state index is -1.54. The van der Waals surface area contributed by atoms with Gasteiger partial charge in [0.1, 0.15) is 0 Å². The van der Waals surface area contributed by atoms with Gasteiger partial charge in [0.15, 0.2) is 23.1 Å². The van der Waals surface area contributed by atoms with Crippen LogP contribution in [0.15, 0.2) is 121 Å². The van der Waals surface area contributed by atoms with Crippen LogP contribution in [0.4, 0.5) is 10.1 Å². The van der Waals surface area contributed by atoms with Crippen LogP contribution in [0.3, 0.4) is 0 Å². The lowest BCUT2D eigenvalue weighted by atomic mass is 9.44. The Bertz CT molecular complexity index is 2080. The van der Waals surface area contributed by atoms with Gasteiger partial charge in [0, 0.05) is 26.5 Å². The topological polar surface area (TPSA) is 91.8 Å². The number of aromatic hydroxyl groups is 1. The van der Waals surface area contributed by atoms with E-state index >= 15 is 4.39 Å². The molecule has 0 radical (unpaired) electrons. The van der Waals surface area contributed by atoms with Crippen LogP contribution in [0, 0.1) is 33.1 Å². The Balaban J connectivity index is 1.37. The third-order valence-corrected chi connectivity index (χ3v) is 11.5. The third-order valence-electron chi connectivity index (χ3n) is 10.8. The number of hydrogen-bond donors (Lipinski definition) is 1. The number of ketones is 2. The summed E-state index contributed by atoms with van der Waals surface area (Å²) < 4.78 is 16.2. The third kappa shape index (κ3) is 4.34. The number of phenols is 1. The van der Waals surface area contributed by atoms with Crippen LogP contribution in [0.2, 0.25) is 0 Å². The van der Waals surface area contributed by atoms with E-state index in [4.69, 9.17) is 0 Å². The standard InChI is InChI=1S/C40H29FINO5/c41-32-13-7-12-28(37(32)46)35-26-18-19-27-34(39(48)43(38(27)47)25-16-14-24(42)15-17-25)30(26)20-31-36(45)29(22-8-3-1-4-9-22)21-33(44)40(31,35)23-10-5-2-6-11-23/h1-18,21,27,30-31,34-35,46H,19-20H2/t27-,30+,31-,34-,35+,40-/m0/s1. The molecule has 8 heteroatoms. The predicted octanol–water partition coefficient (Wildman–Crippen LogP) is 7.16. The number of nitrogens with zero attached hydrogens (tertiary/aromatic N) is 1. The van der Waals surface area contributed by atoms with Crippen LogP contribution in [-0.4, -0.2) is 28.5 Å². The van der Waals surface area contributed by atoms with Crippen molar-refractivity contribution in [2.45, 2.75) is 24.2 Å². The summed E-state index contributed by atoms with van der Waals surface area (Å²) in [5.74, 6) is -6.74. The zero-order valence-electron chi connectivity index (χ0n) is 25.6. The van der Waals surface area contributed by atoms with Gasteiger partial charge in [0.25, 0.3) is 0 Å². The lowest BCUT2D eigenvalue weighted by molar-refractivity contribution is -0.135. The first-order valence-electron chi connectivity index (χ1n) is 16.0. The summed E-state index contributed by atoms with van der Waals surface area (Å²) in [4.78, 5) is 59.5. The van der Waals surface area contributed by atoms with Crippen molar-refractivity contribution in [3.05, 3.63) is 147 Å². The maximum Gasteiger partial charge on any atom is 0.238 e. The Kier molecular flexibility index (Phi) is 7.32. The first-order valence-corrected chi connectivity index (χ1v) is 17.0. The van der Waals surface area contributed by atoms with Gasteiger partial charge in [0.05, 0.1) is 22.9 Å². The van der Waals surface area contributed by atoms with Crippen LogP contribution < -0.4 is 4.90 Å². The van der Waals surface area contributed by atoms with Crippen LogP contribution >= 0.6 is 22.6 Å². The lowest BCUT2D eigenvalue weighted by Gasteiger charge is -2.55. The zero-order valence-corrected chi connectivity index (χ0v) is 27.7. The summed E-state index contributed by atoms with van der Waals surface area (Å²) in [5, 5.41) is 11.3. The highest BCUT2D eigenvalue weighted by atomic mass is 127. The monoisotopic (exact) mass is 749 g/mol. The van der Waals surface area contributed by atoms with Gasteiger partial charge in [-0.3, -0.25) is 24.1 Å². The maximum absolute atomic E-state index is 15.2.